The first kappa shape index (κ1) is 13.1. The summed E-state index contributed by atoms with van der Waals surface area (Å²) in [4.78, 5) is 20.7. The number of hydrogen-bond acceptors (Lipinski definition) is 6. The molecule has 0 aliphatic carbocycles. The molecule has 92 valence electrons. The monoisotopic (exact) mass is 261 g/mol. The number of carboxylic acids is 2. The second-order valence-corrected chi connectivity index (χ2v) is 4.48. The number of benzene rings is 1. The van der Waals surface area contributed by atoms with E-state index in [0.29, 0.717) is 0 Å². The molecule has 0 aromatic heterocycles. The molecule has 0 saturated heterocycles. The van der Waals surface area contributed by atoms with Crippen LogP contribution in [0.15, 0.2) is 23.1 Å². The van der Waals surface area contributed by atoms with Gasteiger partial charge in [-0.15, -0.1) is 0 Å². The van der Waals surface area contributed by atoms with Crippen LogP contribution in [-0.2, 0) is 14.4 Å². The molecule has 0 atom stereocenters. The Morgan fingerprint density at radius 1 is 1.06 bits per heavy atom. The van der Waals surface area contributed by atoms with Crippen LogP contribution in [0.5, 0.6) is 0 Å². The second-order valence-electron chi connectivity index (χ2n) is 2.91. The van der Waals surface area contributed by atoms with Gasteiger partial charge in [-0.2, -0.15) is 18.6 Å². The topological polar surface area (TPSA) is 144 Å². The molecule has 0 aliphatic rings. The molecule has 0 heterocycles. The molecule has 0 fully saturated rings. The van der Waals surface area contributed by atoms with Gasteiger partial charge in [0.25, 0.3) is 0 Å². The molecule has 1 aromatic rings. The number of nitrogens with two attached hydrogens (primary N) is 1. The third-order valence-corrected chi connectivity index (χ3v) is 2.88. The van der Waals surface area contributed by atoms with Crippen LogP contribution >= 0.6 is 0 Å². The van der Waals surface area contributed by atoms with Gasteiger partial charge in [-0.1, -0.05) is 0 Å². The van der Waals surface area contributed by atoms with Gasteiger partial charge in [0.05, 0.1) is 16.0 Å². The van der Waals surface area contributed by atoms with Crippen LogP contribution in [0.2, 0.25) is 0 Å². The van der Waals surface area contributed by atoms with Crippen molar-refractivity contribution in [2.75, 3.05) is 0 Å². The molecule has 8 nitrogen and oxygen atoms in total. The van der Waals surface area contributed by atoms with E-state index in [0.717, 1.165) is 18.2 Å². The fourth-order valence-electron chi connectivity index (χ4n) is 1.05. The van der Waals surface area contributed by atoms with Gasteiger partial charge in [-0.25, -0.2) is 9.59 Å². The van der Waals surface area contributed by atoms with E-state index in [1.165, 1.54) is 0 Å². The summed E-state index contributed by atoms with van der Waals surface area (Å²) in [6.45, 7) is 0. The van der Waals surface area contributed by atoms with Crippen molar-refractivity contribution in [1.82, 2.24) is 0 Å². The predicted octanol–water partition coefficient (Wildman–Crippen LogP) is -0.338. The SMILES string of the molecule is NOS(=O)(=O)c1cc(C(=O)O)cc(C(=O)O)c1. The van der Waals surface area contributed by atoms with E-state index in [9.17, 15) is 18.0 Å². The zero-order valence-electron chi connectivity index (χ0n) is 8.15. The van der Waals surface area contributed by atoms with Crippen LogP contribution in [-0.4, -0.2) is 30.6 Å². The second kappa shape index (κ2) is 4.49. The third kappa shape index (κ3) is 2.78. The first-order chi connectivity index (χ1) is 7.77. The Morgan fingerprint density at radius 3 is 1.76 bits per heavy atom. The minimum absolute atomic E-state index is 0.500. The molecule has 0 amide bonds. The normalized spacial score (nSPS) is 11.1. The molecular formula is C8H7NO7S. The average Bonchev–Trinajstić information content (AvgIpc) is 2.28. The fraction of sp³-hybridized carbons (Fsp3) is 0. The van der Waals surface area contributed by atoms with Crippen LogP contribution in [0, 0.1) is 0 Å². The van der Waals surface area contributed by atoms with E-state index >= 15 is 0 Å². The highest BCUT2D eigenvalue weighted by Crippen LogP contribution is 2.16. The molecule has 0 spiro atoms. The maximum atomic E-state index is 11.2. The van der Waals surface area contributed by atoms with Crippen molar-refractivity contribution >= 4 is 22.1 Å². The molecule has 4 N–H and O–H groups in total. The number of aromatic carboxylic acids is 2. The van der Waals surface area contributed by atoms with Gasteiger partial charge >= 0.3 is 22.1 Å². The lowest BCUT2D eigenvalue weighted by Crippen LogP contribution is -2.13. The molecule has 0 bridgehead atoms. The van der Waals surface area contributed by atoms with E-state index in [1.54, 1.807) is 0 Å². The zero-order valence-corrected chi connectivity index (χ0v) is 8.97. The lowest BCUT2D eigenvalue weighted by atomic mass is 10.1. The lowest BCUT2D eigenvalue weighted by molar-refractivity contribution is 0.0696. The Hall–Kier alpha value is -1.97. The molecule has 0 radical (unpaired) electrons. The summed E-state index contributed by atoms with van der Waals surface area (Å²) in [6, 6.07) is 2.31. The Morgan fingerprint density at radius 2 is 1.47 bits per heavy atom. The van der Waals surface area contributed by atoms with Crippen LogP contribution in [0.4, 0.5) is 0 Å². The molecule has 1 aromatic carbocycles. The zero-order chi connectivity index (χ0) is 13.2. The minimum atomic E-state index is -4.36. The summed E-state index contributed by atoms with van der Waals surface area (Å²) in [5.41, 5.74) is -0.999. The van der Waals surface area contributed by atoms with Crippen LogP contribution in [0.1, 0.15) is 20.7 Å². The molecule has 9 heteroatoms. The standard InChI is InChI=1S/C8H7NO7S/c9-16-17(14,15)6-2-4(7(10)11)1-5(3-6)8(12)13/h1-3H,9H2,(H,10,11)(H,12,13). The summed E-state index contributed by atoms with van der Waals surface area (Å²) in [6.07, 6.45) is 0. The van der Waals surface area contributed by atoms with E-state index in [2.05, 4.69) is 10.2 Å². The van der Waals surface area contributed by atoms with Crippen LogP contribution in [0.25, 0.3) is 0 Å². The Balaban J connectivity index is 3.53. The molecule has 17 heavy (non-hydrogen) atoms. The first-order valence-electron chi connectivity index (χ1n) is 4.03. The number of carbonyl (C=O) groups is 2. The highest BCUT2D eigenvalue weighted by atomic mass is 32.2. The quantitative estimate of drug-likeness (QED) is 0.624. The Bertz CT molecular complexity index is 545. The molecule has 0 unspecified atom stereocenters. The minimum Gasteiger partial charge on any atom is -0.478 e. The molecular weight excluding hydrogens is 254 g/mol. The highest BCUT2D eigenvalue weighted by molar-refractivity contribution is 7.86. The summed E-state index contributed by atoms with van der Waals surface area (Å²) < 4.78 is 26.1. The van der Waals surface area contributed by atoms with Crippen molar-refractivity contribution in [3.05, 3.63) is 29.3 Å². The van der Waals surface area contributed by atoms with E-state index in [1.807, 2.05) is 0 Å². The number of hydrogen-bond donors (Lipinski definition) is 3. The third-order valence-electron chi connectivity index (χ3n) is 1.82. The van der Waals surface area contributed by atoms with Crippen molar-refractivity contribution in [2.45, 2.75) is 4.90 Å². The number of rotatable bonds is 4. The van der Waals surface area contributed by atoms with E-state index in [-0.39, 0.29) is 0 Å². The molecule has 0 aliphatic heterocycles. The van der Waals surface area contributed by atoms with Gasteiger partial charge in [0.15, 0.2) is 0 Å². The Kier molecular flexibility index (Phi) is 3.46. The van der Waals surface area contributed by atoms with Crippen molar-refractivity contribution in [1.29, 1.82) is 0 Å². The van der Waals surface area contributed by atoms with Crippen LogP contribution < -0.4 is 5.90 Å². The van der Waals surface area contributed by atoms with E-state index in [4.69, 9.17) is 10.2 Å². The van der Waals surface area contributed by atoms with E-state index < -0.39 is 38.1 Å². The van der Waals surface area contributed by atoms with Crippen molar-refractivity contribution in [3.8, 4) is 0 Å². The molecule has 0 saturated carbocycles. The maximum Gasteiger partial charge on any atom is 0.335 e. The van der Waals surface area contributed by atoms with Gasteiger partial charge in [0, 0.05) is 0 Å². The first-order valence-corrected chi connectivity index (χ1v) is 5.44. The summed E-state index contributed by atoms with van der Waals surface area (Å²) in [5, 5.41) is 17.4. The summed E-state index contributed by atoms with van der Waals surface area (Å²) >= 11 is 0. The van der Waals surface area contributed by atoms with Gasteiger partial charge in [-0.3, -0.25) is 0 Å². The largest absolute Gasteiger partial charge is 0.478 e. The van der Waals surface area contributed by atoms with Gasteiger partial charge < -0.3 is 10.2 Å². The maximum absolute atomic E-state index is 11.2. The summed E-state index contributed by atoms with van der Waals surface area (Å²) in [5.74, 6) is 1.57. The van der Waals surface area contributed by atoms with Crippen molar-refractivity contribution in [2.24, 2.45) is 5.90 Å². The highest BCUT2D eigenvalue weighted by Gasteiger charge is 2.20. The predicted molar refractivity (Wildman–Crippen MR) is 52.8 cm³/mol. The summed E-state index contributed by atoms with van der Waals surface area (Å²) in [7, 11) is -4.36. The fourth-order valence-corrected chi connectivity index (χ4v) is 1.70. The molecule has 1 rings (SSSR count). The van der Waals surface area contributed by atoms with Gasteiger partial charge in [0.1, 0.15) is 0 Å². The van der Waals surface area contributed by atoms with Crippen molar-refractivity contribution in [3.63, 3.8) is 0 Å². The smallest absolute Gasteiger partial charge is 0.335 e. The van der Waals surface area contributed by atoms with Gasteiger partial charge in [-0.05, 0) is 18.2 Å². The average molecular weight is 261 g/mol. The van der Waals surface area contributed by atoms with Crippen molar-refractivity contribution < 1.29 is 32.5 Å². The van der Waals surface area contributed by atoms with Crippen LogP contribution in [0.3, 0.4) is 0 Å². The lowest BCUT2D eigenvalue weighted by Gasteiger charge is -2.04. The number of carboxylic acid groups (broad SMARTS) is 2. The van der Waals surface area contributed by atoms with Gasteiger partial charge in [0.2, 0.25) is 0 Å². The Labute approximate surface area is 95.3 Å².